The molecule has 0 radical (unpaired) electrons. The Morgan fingerprint density at radius 3 is 3.00 bits per heavy atom. The van der Waals surface area contributed by atoms with Gasteiger partial charge >= 0.3 is 0 Å². The predicted molar refractivity (Wildman–Crippen MR) is 88.0 cm³/mol. The van der Waals surface area contributed by atoms with Crippen LogP contribution in [0.3, 0.4) is 0 Å². The molecule has 1 aromatic heterocycles. The fourth-order valence-electron chi connectivity index (χ4n) is 2.72. The molecule has 2 heterocycles. The topological polar surface area (TPSA) is 41.0 Å². The number of rotatable bonds is 3. The fraction of sp³-hybridized carbons (Fsp3) is 0.333. The maximum atomic E-state index is 6.14. The zero-order valence-electron chi connectivity index (χ0n) is 11.7. The Bertz CT molecular complexity index is 660. The summed E-state index contributed by atoms with van der Waals surface area (Å²) in [5, 5.41) is 3.93. The summed E-state index contributed by atoms with van der Waals surface area (Å²) in [6, 6.07) is 6.27. The third-order valence-electron chi connectivity index (χ3n) is 3.66. The van der Waals surface area contributed by atoms with Gasteiger partial charge < -0.3 is 10.2 Å². The van der Waals surface area contributed by atoms with Crippen LogP contribution in [0.2, 0.25) is 10.3 Å². The van der Waals surface area contributed by atoms with Gasteiger partial charge in [0.25, 0.3) is 0 Å². The van der Waals surface area contributed by atoms with E-state index in [4.69, 9.17) is 23.2 Å². The average molecular weight is 323 g/mol. The quantitative estimate of drug-likeness (QED) is 0.855. The molecule has 2 aromatic rings. The van der Waals surface area contributed by atoms with Crippen LogP contribution in [0.1, 0.15) is 18.9 Å². The van der Waals surface area contributed by atoms with Crippen molar-refractivity contribution in [3.63, 3.8) is 0 Å². The summed E-state index contributed by atoms with van der Waals surface area (Å²) in [6.45, 7) is 4.21. The van der Waals surface area contributed by atoms with E-state index in [1.807, 2.05) is 6.07 Å². The number of benzene rings is 1. The van der Waals surface area contributed by atoms with Gasteiger partial charge in [0.15, 0.2) is 5.82 Å². The molecule has 0 amide bonds. The molecule has 0 bridgehead atoms. The van der Waals surface area contributed by atoms with Crippen LogP contribution in [0, 0.1) is 0 Å². The van der Waals surface area contributed by atoms with Crippen LogP contribution < -0.4 is 10.2 Å². The third-order valence-corrected chi connectivity index (χ3v) is 4.12. The molecule has 6 heteroatoms. The molecule has 0 spiro atoms. The number of anilines is 3. The van der Waals surface area contributed by atoms with Gasteiger partial charge in [0.05, 0.1) is 17.6 Å². The normalized spacial score (nSPS) is 14.0. The standard InChI is InChI=1S/C15H16Cl2N4/c1-2-21-8-4-6-10-5-3-7-12(13(10)21)19-14-11(16)9-18-15(17)20-14/h3,5,7,9H,2,4,6,8H2,1H3,(H,18,19,20). The summed E-state index contributed by atoms with van der Waals surface area (Å²) in [4.78, 5) is 10.4. The lowest BCUT2D eigenvalue weighted by molar-refractivity contribution is 0.709. The van der Waals surface area contributed by atoms with Crippen molar-refractivity contribution in [3.05, 3.63) is 40.3 Å². The second-order valence-corrected chi connectivity index (χ2v) is 5.70. The Balaban J connectivity index is 2.01. The molecule has 1 N–H and O–H groups in total. The van der Waals surface area contributed by atoms with E-state index < -0.39 is 0 Å². The van der Waals surface area contributed by atoms with E-state index in [9.17, 15) is 0 Å². The van der Waals surface area contributed by atoms with Crippen molar-refractivity contribution in [3.8, 4) is 0 Å². The van der Waals surface area contributed by atoms with Crippen LogP contribution in [0.15, 0.2) is 24.4 Å². The summed E-state index contributed by atoms with van der Waals surface area (Å²) in [5.41, 5.74) is 3.59. The fourth-order valence-corrected chi connectivity index (χ4v) is 2.99. The highest BCUT2D eigenvalue weighted by molar-refractivity contribution is 6.33. The number of halogens is 2. The number of aromatic nitrogens is 2. The van der Waals surface area contributed by atoms with Crippen LogP contribution in [-0.2, 0) is 6.42 Å². The van der Waals surface area contributed by atoms with E-state index in [0.29, 0.717) is 10.8 Å². The van der Waals surface area contributed by atoms with Crippen LogP contribution in [-0.4, -0.2) is 23.1 Å². The highest BCUT2D eigenvalue weighted by Crippen LogP contribution is 2.36. The summed E-state index contributed by atoms with van der Waals surface area (Å²) >= 11 is 12.0. The van der Waals surface area contributed by atoms with E-state index in [-0.39, 0.29) is 5.28 Å². The Kier molecular flexibility index (Phi) is 4.17. The minimum atomic E-state index is 0.180. The van der Waals surface area contributed by atoms with Gasteiger partial charge in [-0.05, 0) is 43.0 Å². The highest BCUT2D eigenvalue weighted by atomic mass is 35.5. The summed E-state index contributed by atoms with van der Waals surface area (Å²) in [7, 11) is 0. The van der Waals surface area contributed by atoms with Crippen LogP contribution in [0.25, 0.3) is 0 Å². The lowest BCUT2D eigenvalue weighted by Crippen LogP contribution is -2.29. The van der Waals surface area contributed by atoms with E-state index in [2.05, 4.69) is 39.2 Å². The van der Waals surface area contributed by atoms with Crippen LogP contribution in [0.4, 0.5) is 17.2 Å². The lowest BCUT2D eigenvalue weighted by atomic mass is 10.0. The monoisotopic (exact) mass is 322 g/mol. The minimum absolute atomic E-state index is 0.180. The van der Waals surface area contributed by atoms with Crippen molar-refractivity contribution in [2.75, 3.05) is 23.3 Å². The molecule has 4 nitrogen and oxygen atoms in total. The molecule has 0 saturated heterocycles. The second kappa shape index (κ2) is 6.08. The van der Waals surface area contributed by atoms with Gasteiger partial charge in [-0.15, -0.1) is 0 Å². The lowest BCUT2D eigenvalue weighted by Gasteiger charge is -2.32. The Hall–Kier alpha value is -1.52. The number of hydrogen-bond acceptors (Lipinski definition) is 4. The number of nitrogens with zero attached hydrogens (tertiary/aromatic N) is 3. The molecule has 1 aliphatic heterocycles. The van der Waals surface area contributed by atoms with Gasteiger partial charge in [0.2, 0.25) is 5.28 Å². The van der Waals surface area contributed by atoms with Crippen molar-refractivity contribution in [1.82, 2.24) is 9.97 Å². The molecular weight excluding hydrogens is 307 g/mol. The van der Waals surface area contributed by atoms with Gasteiger partial charge in [-0.2, -0.15) is 4.98 Å². The van der Waals surface area contributed by atoms with Gasteiger partial charge in [-0.3, -0.25) is 0 Å². The third kappa shape index (κ3) is 2.92. The first kappa shape index (κ1) is 14.4. The number of hydrogen-bond donors (Lipinski definition) is 1. The molecule has 110 valence electrons. The first-order valence-electron chi connectivity index (χ1n) is 7.01. The van der Waals surface area contributed by atoms with E-state index in [1.165, 1.54) is 23.9 Å². The minimum Gasteiger partial charge on any atom is -0.370 e. The van der Waals surface area contributed by atoms with Gasteiger partial charge in [-0.25, -0.2) is 4.98 Å². The molecule has 0 fully saturated rings. The Morgan fingerprint density at radius 1 is 1.33 bits per heavy atom. The molecule has 0 unspecified atom stereocenters. The van der Waals surface area contributed by atoms with Crippen LogP contribution in [0.5, 0.6) is 0 Å². The van der Waals surface area contributed by atoms with Crippen LogP contribution >= 0.6 is 23.2 Å². The second-order valence-electron chi connectivity index (χ2n) is 4.96. The first-order chi connectivity index (χ1) is 10.2. The molecule has 0 aliphatic carbocycles. The number of para-hydroxylation sites is 1. The molecule has 21 heavy (non-hydrogen) atoms. The largest absolute Gasteiger partial charge is 0.370 e. The molecular formula is C15H16Cl2N4. The Labute approximate surface area is 134 Å². The van der Waals surface area contributed by atoms with Crippen molar-refractivity contribution in [1.29, 1.82) is 0 Å². The van der Waals surface area contributed by atoms with Crippen molar-refractivity contribution >= 4 is 40.4 Å². The summed E-state index contributed by atoms with van der Waals surface area (Å²) in [5.74, 6) is 0.534. The Morgan fingerprint density at radius 2 is 2.19 bits per heavy atom. The highest BCUT2D eigenvalue weighted by Gasteiger charge is 2.19. The van der Waals surface area contributed by atoms with Gasteiger partial charge in [0.1, 0.15) is 5.02 Å². The molecule has 0 saturated carbocycles. The zero-order valence-corrected chi connectivity index (χ0v) is 13.2. The first-order valence-corrected chi connectivity index (χ1v) is 7.76. The summed E-state index contributed by atoms with van der Waals surface area (Å²) < 4.78 is 0. The van der Waals surface area contributed by atoms with Gasteiger partial charge in [-0.1, -0.05) is 23.7 Å². The van der Waals surface area contributed by atoms with E-state index >= 15 is 0 Å². The maximum Gasteiger partial charge on any atom is 0.224 e. The number of fused-ring (bicyclic) bond motifs is 1. The summed E-state index contributed by atoms with van der Waals surface area (Å²) in [6.07, 6.45) is 3.79. The average Bonchev–Trinajstić information content (AvgIpc) is 2.50. The smallest absolute Gasteiger partial charge is 0.224 e. The zero-order chi connectivity index (χ0) is 14.8. The SMILES string of the molecule is CCN1CCCc2cccc(Nc3nc(Cl)ncc3Cl)c21. The van der Waals surface area contributed by atoms with Gasteiger partial charge in [0, 0.05) is 13.1 Å². The van der Waals surface area contributed by atoms with Crippen molar-refractivity contribution < 1.29 is 0 Å². The van der Waals surface area contributed by atoms with Crippen molar-refractivity contribution in [2.45, 2.75) is 19.8 Å². The number of nitrogens with one attached hydrogen (secondary N) is 1. The molecule has 0 atom stereocenters. The van der Waals surface area contributed by atoms with E-state index in [0.717, 1.165) is 25.2 Å². The van der Waals surface area contributed by atoms with E-state index in [1.54, 1.807) is 0 Å². The number of aryl methyl sites for hydroxylation is 1. The maximum absolute atomic E-state index is 6.14. The molecule has 1 aromatic carbocycles. The van der Waals surface area contributed by atoms with Crippen molar-refractivity contribution in [2.24, 2.45) is 0 Å². The molecule has 1 aliphatic rings. The molecule has 3 rings (SSSR count). The predicted octanol–water partition coefficient (Wildman–Crippen LogP) is 4.30.